The van der Waals surface area contributed by atoms with E-state index in [1.807, 2.05) is 0 Å². The highest BCUT2D eigenvalue weighted by atomic mass is 14.5. The predicted octanol–water partition coefficient (Wildman–Crippen LogP) is 14.5. The minimum absolute atomic E-state index is 1.18. The average Bonchev–Trinajstić information content (AvgIpc) is 2.98. The molecule has 40 heavy (non-hydrogen) atoms. The molecule has 0 nitrogen and oxygen atoms in total. The Morgan fingerprint density at radius 1 is 0.125 bits per heavy atom. The zero-order chi connectivity index (χ0) is 27.8. The lowest BCUT2D eigenvalue weighted by Crippen LogP contribution is -2.38. The van der Waals surface area contributed by atoms with Gasteiger partial charge in [-0.25, -0.2) is 0 Å². The smallest absolute Gasteiger partial charge is 0.0406 e. The van der Waals surface area contributed by atoms with E-state index < -0.39 is 0 Å². The minimum Gasteiger partial charge on any atom is -0.0533 e. The SMILES string of the molecule is C1C2CC3CC1CC(C2)C3.C1CCCCCCCCC1.C1CCCCCCCCC1.C1CCCCCCCCC1. The Hall–Kier alpha value is 0. The van der Waals surface area contributed by atoms with Crippen molar-refractivity contribution in [3.63, 3.8) is 0 Å². The molecule has 7 aliphatic carbocycles. The van der Waals surface area contributed by atoms with Gasteiger partial charge in [0.25, 0.3) is 0 Å². The van der Waals surface area contributed by atoms with E-state index in [9.17, 15) is 0 Å². The molecule has 0 aliphatic heterocycles. The fourth-order valence-corrected chi connectivity index (χ4v) is 9.29. The minimum atomic E-state index is 1.18. The van der Waals surface area contributed by atoms with E-state index in [1.54, 1.807) is 38.5 Å². The second kappa shape index (κ2) is 24.4. The molecular weight excluding hydrogens is 480 g/mol. The maximum atomic E-state index is 1.60. The first kappa shape index (κ1) is 34.5. The third kappa shape index (κ3) is 17.8. The van der Waals surface area contributed by atoms with Crippen LogP contribution in [0.25, 0.3) is 0 Å². The van der Waals surface area contributed by atoms with Gasteiger partial charge in [0.05, 0.1) is 0 Å². The van der Waals surface area contributed by atoms with Gasteiger partial charge in [-0.1, -0.05) is 193 Å². The summed E-state index contributed by atoms with van der Waals surface area (Å²) in [5.74, 6) is 4.71. The molecule has 236 valence electrons. The van der Waals surface area contributed by atoms with Crippen molar-refractivity contribution in [1.29, 1.82) is 0 Å². The first-order chi connectivity index (χ1) is 19.9. The molecule has 0 heterocycles. The van der Waals surface area contributed by atoms with Gasteiger partial charge < -0.3 is 0 Å². The van der Waals surface area contributed by atoms with Gasteiger partial charge in [-0.15, -0.1) is 0 Å². The summed E-state index contributed by atoms with van der Waals surface area (Å²) in [5, 5.41) is 0. The van der Waals surface area contributed by atoms with Crippen LogP contribution in [0.4, 0.5) is 0 Å². The largest absolute Gasteiger partial charge is 0.0533 e. The fourth-order valence-electron chi connectivity index (χ4n) is 9.29. The van der Waals surface area contributed by atoms with Crippen molar-refractivity contribution in [2.75, 3.05) is 0 Å². The van der Waals surface area contributed by atoms with E-state index in [2.05, 4.69) is 0 Å². The number of rotatable bonds is 0. The quantitative estimate of drug-likeness (QED) is 0.278. The maximum absolute atomic E-state index is 1.60. The lowest BCUT2D eigenvalue weighted by Gasteiger charge is -2.49. The summed E-state index contributed by atoms with van der Waals surface area (Å²) in [6.45, 7) is 0. The van der Waals surface area contributed by atoms with Gasteiger partial charge in [0.1, 0.15) is 0 Å². The fraction of sp³-hybridized carbons (Fsp3) is 1.00. The van der Waals surface area contributed by atoms with Crippen LogP contribution in [-0.2, 0) is 0 Å². The van der Waals surface area contributed by atoms with Crippen molar-refractivity contribution in [3.05, 3.63) is 0 Å². The summed E-state index contributed by atoms with van der Waals surface area (Å²) in [7, 11) is 0. The van der Waals surface area contributed by atoms with Crippen LogP contribution in [-0.4, -0.2) is 0 Å². The highest BCUT2D eigenvalue weighted by Gasteiger charge is 2.41. The van der Waals surface area contributed by atoms with Gasteiger partial charge in [-0.2, -0.15) is 0 Å². The molecule has 0 spiro atoms. The van der Waals surface area contributed by atoms with E-state index in [0.29, 0.717) is 0 Å². The Bertz CT molecular complexity index is 330. The molecule has 7 rings (SSSR count). The Labute approximate surface area is 254 Å². The Morgan fingerprint density at radius 2 is 0.200 bits per heavy atom. The van der Waals surface area contributed by atoms with Crippen molar-refractivity contribution in [2.24, 2.45) is 23.7 Å². The van der Waals surface area contributed by atoms with Crippen molar-refractivity contribution in [3.8, 4) is 0 Å². The second-order valence-electron chi connectivity index (χ2n) is 15.5. The first-order valence-corrected chi connectivity index (χ1v) is 19.9. The molecule has 0 radical (unpaired) electrons. The molecule has 0 aromatic rings. The summed E-state index contributed by atoms with van der Waals surface area (Å²) in [5.41, 5.74) is 0. The molecule has 0 N–H and O–H groups in total. The third-order valence-electron chi connectivity index (χ3n) is 11.5. The zero-order valence-corrected chi connectivity index (χ0v) is 27.8. The maximum Gasteiger partial charge on any atom is -0.0406 e. The molecule has 0 aromatic heterocycles. The molecule has 0 atom stereocenters. The second-order valence-corrected chi connectivity index (χ2v) is 15.5. The molecule has 0 saturated heterocycles. The van der Waals surface area contributed by atoms with E-state index in [0.717, 1.165) is 0 Å². The van der Waals surface area contributed by atoms with E-state index >= 15 is 0 Å². The summed E-state index contributed by atoms with van der Waals surface area (Å²) in [6.07, 6.45) is 54.6. The molecule has 7 fully saturated rings. The van der Waals surface area contributed by atoms with Gasteiger partial charge in [-0.05, 0) is 62.2 Å². The van der Waals surface area contributed by atoms with E-state index in [1.165, 1.54) is 216 Å². The summed E-state index contributed by atoms with van der Waals surface area (Å²) < 4.78 is 0. The van der Waals surface area contributed by atoms with Crippen LogP contribution in [0.1, 0.15) is 231 Å². The van der Waals surface area contributed by atoms with E-state index in [-0.39, 0.29) is 0 Å². The van der Waals surface area contributed by atoms with Crippen molar-refractivity contribution < 1.29 is 0 Å². The third-order valence-corrected chi connectivity index (χ3v) is 11.5. The molecule has 0 aromatic carbocycles. The van der Waals surface area contributed by atoms with Crippen LogP contribution in [0, 0.1) is 23.7 Å². The highest BCUT2D eigenvalue weighted by molar-refractivity contribution is 4.92. The molecule has 0 amide bonds. The number of hydrogen-bond acceptors (Lipinski definition) is 0. The summed E-state index contributed by atoms with van der Waals surface area (Å²) in [6, 6.07) is 0. The Kier molecular flexibility index (Phi) is 21.1. The summed E-state index contributed by atoms with van der Waals surface area (Å²) in [4.78, 5) is 0. The summed E-state index contributed by atoms with van der Waals surface area (Å²) >= 11 is 0. The first-order valence-electron chi connectivity index (χ1n) is 19.9. The van der Waals surface area contributed by atoms with Crippen LogP contribution in [0.2, 0.25) is 0 Å². The van der Waals surface area contributed by atoms with Gasteiger partial charge in [-0.3, -0.25) is 0 Å². The molecular formula is C40H76. The predicted molar refractivity (Wildman–Crippen MR) is 180 cm³/mol. The number of hydrogen-bond donors (Lipinski definition) is 0. The Morgan fingerprint density at radius 3 is 0.275 bits per heavy atom. The van der Waals surface area contributed by atoms with E-state index in [4.69, 9.17) is 0 Å². The van der Waals surface area contributed by atoms with Gasteiger partial charge >= 0.3 is 0 Å². The lowest BCUT2D eigenvalue weighted by molar-refractivity contribution is 0.0198. The van der Waals surface area contributed by atoms with Crippen molar-refractivity contribution in [1.82, 2.24) is 0 Å². The lowest BCUT2D eigenvalue weighted by atomic mass is 9.56. The van der Waals surface area contributed by atoms with Crippen LogP contribution in [0.5, 0.6) is 0 Å². The molecule has 0 unspecified atom stereocenters. The topological polar surface area (TPSA) is 0 Å². The standard InChI is InChI=1S/C10H16.3C10H20/c1-7-2-9-4-8(1)5-10(3-7)6-9;3*1-2-4-6-8-10-9-7-5-3-1/h7-10H,1-6H2;3*1-10H2. The van der Waals surface area contributed by atoms with Crippen molar-refractivity contribution >= 4 is 0 Å². The van der Waals surface area contributed by atoms with Gasteiger partial charge in [0.15, 0.2) is 0 Å². The zero-order valence-electron chi connectivity index (χ0n) is 27.8. The van der Waals surface area contributed by atoms with Crippen molar-refractivity contribution in [2.45, 2.75) is 231 Å². The van der Waals surface area contributed by atoms with Crippen LogP contribution < -0.4 is 0 Å². The Balaban J connectivity index is 0.000000147. The normalized spacial score (nSPS) is 32.4. The van der Waals surface area contributed by atoms with Gasteiger partial charge in [0, 0.05) is 0 Å². The molecule has 0 heteroatoms. The molecule has 7 aliphatic rings. The van der Waals surface area contributed by atoms with Gasteiger partial charge in [0.2, 0.25) is 0 Å². The van der Waals surface area contributed by atoms with Crippen LogP contribution in [0.3, 0.4) is 0 Å². The monoisotopic (exact) mass is 557 g/mol. The highest BCUT2D eigenvalue weighted by Crippen LogP contribution is 2.53. The average molecular weight is 557 g/mol. The van der Waals surface area contributed by atoms with Crippen LogP contribution in [0.15, 0.2) is 0 Å². The molecule has 7 saturated carbocycles. The van der Waals surface area contributed by atoms with Crippen LogP contribution >= 0.6 is 0 Å². The molecule has 4 bridgehead atoms.